The molecule has 5 heteroatoms. The lowest BCUT2D eigenvalue weighted by molar-refractivity contribution is 0.477. The standard InChI is InChI=1S/C22H17ClN2OS/c23-17-8-10-21(26)20(12-17)25-14-16-4-1-2-6-22(16)27-18-9-7-15-5-3-11-24-19(15)13-18/h1-13,25-26H,14H2. The molecule has 0 bridgehead atoms. The van der Waals surface area contributed by atoms with Gasteiger partial charge in [-0.1, -0.05) is 53.7 Å². The fourth-order valence-corrected chi connectivity index (χ4v) is 3.98. The van der Waals surface area contributed by atoms with E-state index in [2.05, 4.69) is 46.7 Å². The molecule has 0 aliphatic rings. The minimum absolute atomic E-state index is 0.185. The van der Waals surface area contributed by atoms with Crippen LogP contribution in [0.3, 0.4) is 0 Å². The van der Waals surface area contributed by atoms with E-state index in [4.69, 9.17) is 11.6 Å². The summed E-state index contributed by atoms with van der Waals surface area (Å²) in [5.41, 5.74) is 2.75. The van der Waals surface area contributed by atoms with Gasteiger partial charge in [-0.2, -0.15) is 0 Å². The van der Waals surface area contributed by atoms with Gasteiger partial charge in [-0.05, 0) is 48.0 Å². The molecule has 3 nitrogen and oxygen atoms in total. The average molecular weight is 393 g/mol. The lowest BCUT2D eigenvalue weighted by atomic mass is 10.2. The van der Waals surface area contributed by atoms with Crippen LogP contribution in [0.5, 0.6) is 5.75 Å². The van der Waals surface area contributed by atoms with Gasteiger partial charge in [0.25, 0.3) is 0 Å². The van der Waals surface area contributed by atoms with Gasteiger partial charge in [0.2, 0.25) is 0 Å². The molecule has 0 unspecified atom stereocenters. The van der Waals surface area contributed by atoms with Gasteiger partial charge in [-0.25, -0.2) is 0 Å². The first-order valence-electron chi connectivity index (χ1n) is 8.52. The number of halogens is 1. The van der Waals surface area contributed by atoms with Crippen LogP contribution in [0.25, 0.3) is 10.9 Å². The van der Waals surface area contributed by atoms with E-state index in [9.17, 15) is 5.11 Å². The monoisotopic (exact) mass is 392 g/mol. The van der Waals surface area contributed by atoms with E-state index < -0.39 is 0 Å². The molecule has 0 atom stereocenters. The Morgan fingerprint density at radius 3 is 2.78 bits per heavy atom. The molecule has 4 rings (SSSR count). The first-order chi connectivity index (χ1) is 13.2. The van der Waals surface area contributed by atoms with Gasteiger partial charge >= 0.3 is 0 Å². The van der Waals surface area contributed by atoms with Crippen molar-refractivity contribution in [2.24, 2.45) is 0 Å². The lowest BCUT2D eigenvalue weighted by Crippen LogP contribution is -2.01. The van der Waals surface area contributed by atoms with Crippen LogP contribution in [0, 0.1) is 0 Å². The number of phenolic OH excluding ortho intramolecular Hbond substituents is 1. The number of pyridine rings is 1. The lowest BCUT2D eigenvalue weighted by Gasteiger charge is -2.12. The first-order valence-corrected chi connectivity index (χ1v) is 9.71. The zero-order chi connectivity index (χ0) is 18.6. The summed E-state index contributed by atoms with van der Waals surface area (Å²) in [5.74, 6) is 0.185. The summed E-state index contributed by atoms with van der Waals surface area (Å²) in [6.07, 6.45) is 1.81. The van der Waals surface area contributed by atoms with E-state index in [-0.39, 0.29) is 5.75 Å². The Bertz CT molecular complexity index is 1100. The smallest absolute Gasteiger partial charge is 0.138 e. The Morgan fingerprint density at radius 1 is 0.963 bits per heavy atom. The van der Waals surface area contributed by atoms with Gasteiger partial charge < -0.3 is 10.4 Å². The molecule has 0 saturated heterocycles. The Balaban J connectivity index is 1.56. The third kappa shape index (κ3) is 4.18. The molecular formula is C22H17ClN2OS. The third-order valence-electron chi connectivity index (χ3n) is 4.21. The molecule has 0 aliphatic heterocycles. The molecule has 134 valence electrons. The minimum atomic E-state index is 0.185. The number of rotatable bonds is 5. The molecule has 0 saturated carbocycles. The summed E-state index contributed by atoms with van der Waals surface area (Å²) in [4.78, 5) is 6.73. The van der Waals surface area contributed by atoms with Crippen molar-refractivity contribution in [2.45, 2.75) is 16.3 Å². The van der Waals surface area contributed by atoms with Gasteiger partial charge in [0.1, 0.15) is 5.75 Å². The predicted octanol–water partition coefficient (Wildman–Crippen LogP) is 6.36. The molecule has 1 aromatic heterocycles. The molecule has 3 aromatic carbocycles. The Labute approximate surface area is 167 Å². The number of aromatic nitrogens is 1. The zero-order valence-corrected chi connectivity index (χ0v) is 16.0. The molecule has 2 N–H and O–H groups in total. The van der Waals surface area contributed by atoms with E-state index in [0.29, 0.717) is 17.3 Å². The maximum absolute atomic E-state index is 9.98. The SMILES string of the molecule is Oc1ccc(Cl)cc1NCc1ccccc1Sc1ccc2cccnc2c1. The molecule has 1 heterocycles. The van der Waals surface area contributed by atoms with Crippen LogP contribution < -0.4 is 5.32 Å². The van der Waals surface area contributed by atoms with Gasteiger partial charge in [-0.3, -0.25) is 4.98 Å². The fraction of sp³-hybridized carbons (Fsp3) is 0.0455. The number of hydrogen-bond acceptors (Lipinski definition) is 4. The molecule has 27 heavy (non-hydrogen) atoms. The highest BCUT2D eigenvalue weighted by atomic mass is 35.5. The van der Waals surface area contributed by atoms with Crippen molar-refractivity contribution in [3.05, 3.63) is 89.6 Å². The van der Waals surface area contributed by atoms with E-state index >= 15 is 0 Å². The fourth-order valence-electron chi connectivity index (χ4n) is 2.83. The highest BCUT2D eigenvalue weighted by Gasteiger charge is 2.07. The van der Waals surface area contributed by atoms with Crippen LogP contribution in [0.15, 0.2) is 88.8 Å². The summed E-state index contributed by atoms with van der Waals surface area (Å²) >= 11 is 7.73. The van der Waals surface area contributed by atoms with E-state index in [1.807, 2.05) is 24.4 Å². The van der Waals surface area contributed by atoms with Crippen LogP contribution in [0.4, 0.5) is 5.69 Å². The van der Waals surface area contributed by atoms with Crippen molar-refractivity contribution in [3.8, 4) is 5.75 Å². The van der Waals surface area contributed by atoms with Crippen molar-refractivity contribution in [1.29, 1.82) is 0 Å². The highest BCUT2D eigenvalue weighted by molar-refractivity contribution is 7.99. The number of nitrogens with one attached hydrogen (secondary N) is 1. The second-order valence-corrected chi connectivity index (χ2v) is 7.63. The number of fused-ring (bicyclic) bond motifs is 1. The van der Waals surface area contributed by atoms with Gasteiger partial charge in [0, 0.05) is 32.9 Å². The largest absolute Gasteiger partial charge is 0.506 e. The summed E-state index contributed by atoms with van der Waals surface area (Å²) in [7, 11) is 0. The number of aromatic hydroxyl groups is 1. The zero-order valence-electron chi connectivity index (χ0n) is 14.4. The van der Waals surface area contributed by atoms with Crippen molar-refractivity contribution < 1.29 is 5.11 Å². The molecular weight excluding hydrogens is 376 g/mol. The second kappa shape index (κ2) is 7.91. The van der Waals surface area contributed by atoms with E-state index in [0.717, 1.165) is 26.3 Å². The molecule has 0 amide bonds. The molecule has 0 spiro atoms. The quantitative estimate of drug-likeness (QED) is 0.388. The van der Waals surface area contributed by atoms with Crippen molar-refractivity contribution in [3.63, 3.8) is 0 Å². The number of anilines is 1. The normalized spacial score (nSPS) is 10.9. The maximum Gasteiger partial charge on any atom is 0.138 e. The number of hydrogen-bond donors (Lipinski definition) is 2. The Morgan fingerprint density at radius 2 is 1.85 bits per heavy atom. The topological polar surface area (TPSA) is 45.1 Å². The van der Waals surface area contributed by atoms with Crippen LogP contribution >= 0.6 is 23.4 Å². The minimum Gasteiger partial charge on any atom is -0.506 e. The summed E-state index contributed by atoms with van der Waals surface area (Å²) in [5, 5.41) is 15.0. The number of nitrogens with zero attached hydrogens (tertiary/aromatic N) is 1. The van der Waals surface area contributed by atoms with Crippen LogP contribution in [-0.4, -0.2) is 10.1 Å². The average Bonchev–Trinajstić information content (AvgIpc) is 2.69. The van der Waals surface area contributed by atoms with Crippen molar-refractivity contribution >= 4 is 40.0 Å². The Kier molecular flexibility index (Phi) is 5.19. The summed E-state index contributed by atoms with van der Waals surface area (Å²) in [6, 6.07) is 23.5. The van der Waals surface area contributed by atoms with Gasteiger partial charge in [0.05, 0.1) is 11.2 Å². The van der Waals surface area contributed by atoms with E-state index in [1.165, 1.54) is 0 Å². The predicted molar refractivity (Wildman–Crippen MR) is 113 cm³/mol. The maximum atomic E-state index is 9.98. The van der Waals surface area contributed by atoms with E-state index in [1.54, 1.807) is 30.0 Å². The van der Waals surface area contributed by atoms with Crippen molar-refractivity contribution in [2.75, 3.05) is 5.32 Å². The molecule has 0 radical (unpaired) electrons. The Hall–Kier alpha value is -2.69. The van der Waals surface area contributed by atoms with Crippen molar-refractivity contribution in [1.82, 2.24) is 4.98 Å². The summed E-state index contributed by atoms with van der Waals surface area (Å²) in [6.45, 7) is 0.586. The molecule has 0 aliphatic carbocycles. The highest BCUT2D eigenvalue weighted by Crippen LogP contribution is 2.33. The first kappa shape index (κ1) is 17.7. The van der Waals surface area contributed by atoms with Crippen LogP contribution in [0.1, 0.15) is 5.56 Å². The molecule has 0 fully saturated rings. The van der Waals surface area contributed by atoms with Gasteiger partial charge in [-0.15, -0.1) is 0 Å². The third-order valence-corrected chi connectivity index (χ3v) is 5.55. The molecule has 4 aromatic rings. The van der Waals surface area contributed by atoms with Gasteiger partial charge in [0.15, 0.2) is 0 Å². The van der Waals surface area contributed by atoms with Crippen LogP contribution in [-0.2, 0) is 6.54 Å². The summed E-state index contributed by atoms with van der Waals surface area (Å²) < 4.78 is 0. The number of benzene rings is 3. The second-order valence-electron chi connectivity index (χ2n) is 6.08. The van der Waals surface area contributed by atoms with Crippen LogP contribution in [0.2, 0.25) is 5.02 Å². The number of phenols is 1.